The molecule has 0 saturated carbocycles. The largest absolute Gasteiger partial charge is 0.454 e. The molecular formula is C78H70O21. The second-order valence-corrected chi connectivity index (χ2v) is 23.6. The predicted molar refractivity (Wildman–Crippen MR) is 353 cm³/mol. The van der Waals surface area contributed by atoms with Gasteiger partial charge in [0, 0.05) is 5.92 Å². The number of esters is 8. The van der Waals surface area contributed by atoms with Gasteiger partial charge in [-0.1, -0.05) is 159 Å². The standard InChI is InChI=1S/C78H70O21/c1-47(44-58-64(94-72(82)52-32-16-6-17-33-52)68(98-76(86)56-40-24-10-25-41-56)63(49(3)89-58)93-71(81)51-30-14-5-15-31-51)61-67(97-75(85)55-38-22-9-23-39-55)69(99-77(87)57-42-26-11-27-43-57)66(96-74(84)54-36-20-8-21-37-54)60(90-61)46-88-78-48(2)62(92-70(80)50-28-12-4-13-29-50)65(59(45-79)91-78)95-73(83)53-34-18-7-19-35-53/h4-44,48-49,58-69,78-79H,45-46H2,1-3H3/b47-44+/t48?,49?,58-,59-,60-,61+,62-,63+,64-,65-,66-,67+,68-,69+,78-/m1/s1. The molecule has 3 aliphatic rings. The Morgan fingerprint density at radius 1 is 0.333 bits per heavy atom. The van der Waals surface area contributed by atoms with Gasteiger partial charge in [0.1, 0.15) is 30.5 Å². The number of hydrogen-bond acceptors (Lipinski definition) is 21. The van der Waals surface area contributed by atoms with E-state index >= 15 is 0 Å². The number of benzene rings is 8. The summed E-state index contributed by atoms with van der Waals surface area (Å²) in [6.07, 6.45) is -20.2. The van der Waals surface area contributed by atoms with Crippen LogP contribution in [0.5, 0.6) is 0 Å². The molecule has 0 spiro atoms. The molecule has 21 heteroatoms. The zero-order valence-electron chi connectivity index (χ0n) is 53.9. The van der Waals surface area contributed by atoms with Crippen LogP contribution in [0.15, 0.2) is 254 Å². The SMILES string of the molecule is C/C(=C\[C@H]1OC(C)[C@H](OC(=O)c2ccccc2)[C@@H](OC(=O)c2ccccc2)[C@@H]1OC(=O)c1ccccc1)[C@@H]1O[C@H](CO[C@@H]2O[C@H](CO)[C@@H](OC(=O)c3ccccc3)[C@H](OC(=O)c3ccccc3)C2C)[C@@H](OC(=O)c2ccccc2)[C@H](OC(=O)c2ccccc2)[C@H]1OC(=O)c1ccccc1. The van der Waals surface area contributed by atoms with E-state index in [4.69, 9.17) is 56.8 Å². The third kappa shape index (κ3) is 17.1. The Hall–Kier alpha value is -10.9. The molecule has 3 fully saturated rings. The van der Waals surface area contributed by atoms with Crippen molar-refractivity contribution >= 4 is 47.8 Å². The van der Waals surface area contributed by atoms with Gasteiger partial charge in [-0.2, -0.15) is 0 Å². The summed E-state index contributed by atoms with van der Waals surface area (Å²) < 4.78 is 77.6. The number of ether oxygens (including phenoxy) is 12. The van der Waals surface area contributed by atoms with Crippen LogP contribution < -0.4 is 0 Å². The molecule has 8 aromatic rings. The van der Waals surface area contributed by atoms with E-state index in [1.807, 2.05) is 0 Å². The highest BCUT2D eigenvalue weighted by Crippen LogP contribution is 2.39. The summed E-state index contributed by atoms with van der Waals surface area (Å²) in [5.74, 6) is -8.14. The number of carbonyl (C=O) groups is 8. The normalized spacial score (nSPS) is 25.1. The monoisotopic (exact) mass is 1340 g/mol. The van der Waals surface area contributed by atoms with E-state index in [1.54, 1.807) is 166 Å². The molecule has 99 heavy (non-hydrogen) atoms. The molecule has 0 radical (unpaired) electrons. The van der Waals surface area contributed by atoms with Gasteiger partial charge in [-0.15, -0.1) is 0 Å². The van der Waals surface area contributed by atoms with Crippen molar-refractivity contribution in [2.75, 3.05) is 13.2 Å². The van der Waals surface area contributed by atoms with E-state index in [-0.39, 0.29) is 50.1 Å². The van der Waals surface area contributed by atoms with Gasteiger partial charge in [0.05, 0.1) is 63.8 Å². The number of aliphatic hydroxyl groups is 1. The molecule has 1 N–H and O–H groups in total. The van der Waals surface area contributed by atoms with Gasteiger partial charge in [-0.3, -0.25) is 0 Å². The third-order valence-electron chi connectivity index (χ3n) is 16.9. The summed E-state index contributed by atoms with van der Waals surface area (Å²) >= 11 is 0. The number of hydrogen-bond donors (Lipinski definition) is 1. The first-order valence-electron chi connectivity index (χ1n) is 32.1. The van der Waals surface area contributed by atoms with Crippen molar-refractivity contribution in [3.05, 3.63) is 299 Å². The van der Waals surface area contributed by atoms with Crippen LogP contribution in [-0.4, -0.2) is 152 Å². The molecule has 508 valence electrons. The summed E-state index contributed by atoms with van der Waals surface area (Å²) in [4.78, 5) is 115. The van der Waals surface area contributed by atoms with E-state index in [1.165, 1.54) is 103 Å². The lowest BCUT2D eigenvalue weighted by Gasteiger charge is -2.47. The Morgan fingerprint density at radius 3 is 0.939 bits per heavy atom. The quantitative estimate of drug-likeness (QED) is 0.0375. The minimum absolute atomic E-state index is 0.0336. The zero-order valence-corrected chi connectivity index (χ0v) is 53.9. The van der Waals surface area contributed by atoms with Gasteiger partial charge >= 0.3 is 47.8 Å². The highest BCUT2D eigenvalue weighted by molar-refractivity contribution is 5.94. The van der Waals surface area contributed by atoms with Crippen LogP contribution in [0.3, 0.4) is 0 Å². The Labute approximate surface area is 570 Å². The predicted octanol–water partition coefficient (Wildman–Crippen LogP) is 10.7. The molecule has 8 aromatic carbocycles. The fourth-order valence-corrected chi connectivity index (χ4v) is 11.8. The van der Waals surface area contributed by atoms with Gasteiger partial charge in [0.15, 0.2) is 49.0 Å². The fourth-order valence-electron chi connectivity index (χ4n) is 11.8. The molecule has 2 unspecified atom stereocenters. The lowest BCUT2D eigenvalue weighted by atomic mass is 9.88. The minimum Gasteiger partial charge on any atom is -0.454 e. The van der Waals surface area contributed by atoms with Crippen LogP contribution in [0.1, 0.15) is 104 Å². The van der Waals surface area contributed by atoms with Crippen molar-refractivity contribution in [2.45, 2.75) is 106 Å². The van der Waals surface area contributed by atoms with E-state index in [0.717, 1.165) is 0 Å². The van der Waals surface area contributed by atoms with E-state index < -0.39 is 153 Å². The molecule has 3 heterocycles. The average molecular weight is 1340 g/mol. The summed E-state index contributed by atoms with van der Waals surface area (Å²) in [5.41, 5.74) is 0.868. The number of carbonyl (C=O) groups excluding carboxylic acids is 8. The molecule has 21 nitrogen and oxygen atoms in total. The second kappa shape index (κ2) is 32.9. The van der Waals surface area contributed by atoms with Crippen molar-refractivity contribution < 1.29 is 100 Å². The van der Waals surface area contributed by atoms with Crippen molar-refractivity contribution in [2.24, 2.45) is 5.92 Å². The fraction of sp³-hybridized carbons (Fsp3) is 0.256. The Kier molecular flexibility index (Phi) is 23.0. The summed E-state index contributed by atoms with van der Waals surface area (Å²) in [7, 11) is 0. The Morgan fingerprint density at radius 2 is 0.606 bits per heavy atom. The highest BCUT2D eigenvalue weighted by atomic mass is 16.7. The van der Waals surface area contributed by atoms with Crippen molar-refractivity contribution in [1.82, 2.24) is 0 Å². The van der Waals surface area contributed by atoms with Crippen molar-refractivity contribution in [3.63, 3.8) is 0 Å². The maximum absolute atomic E-state index is 14.8. The van der Waals surface area contributed by atoms with Crippen LogP contribution in [0.4, 0.5) is 0 Å². The maximum Gasteiger partial charge on any atom is 0.338 e. The Balaban J connectivity index is 1.03. The van der Waals surface area contributed by atoms with Gasteiger partial charge in [-0.05, 0) is 116 Å². The third-order valence-corrected chi connectivity index (χ3v) is 16.9. The summed E-state index contributed by atoms with van der Waals surface area (Å²) in [6, 6.07) is 63.5. The second-order valence-electron chi connectivity index (χ2n) is 23.6. The van der Waals surface area contributed by atoms with Gasteiger partial charge < -0.3 is 61.9 Å². The summed E-state index contributed by atoms with van der Waals surface area (Å²) in [6.45, 7) is 3.27. The minimum atomic E-state index is -1.83. The smallest absolute Gasteiger partial charge is 0.338 e. The molecule has 3 aliphatic heterocycles. The molecule has 0 bridgehead atoms. The number of aliphatic hydroxyl groups excluding tert-OH is 1. The first-order valence-corrected chi connectivity index (χ1v) is 32.1. The first-order chi connectivity index (χ1) is 48.1. The van der Waals surface area contributed by atoms with Crippen LogP contribution in [-0.2, 0) is 56.8 Å². The molecule has 11 rings (SSSR count). The van der Waals surface area contributed by atoms with Crippen LogP contribution >= 0.6 is 0 Å². The Bertz CT molecular complexity index is 4070. The topological polar surface area (TPSA) is 268 Å². The molecule has 0 aliphatic carbocycles. The maximum atomic E-state index is 14.8. The molecule has 0 aromatic heterocycles. The number of rotatable bonds is 22. The van der Waals surface area contributed by atoms with Crippen LogP contribution in [0.2, 0.25) is 0 Å². The van der Waals surface area contributed by atoms with Crippen molar-refractivity contribution in [3.8, 4) is 0 Å². The molecule has 0 amide bonds. The highest BCUT2D eigenvalue weighted by Gasteiger charge is 2.56. The zero-order chi connectivity index (χ0) is 69.4. The summed E-state index contributed by atoms with van der Waals surface area (Å²) in [5, 5.41) is 11.1. The molecule has 15 atom stereocenters. The van der Waals surface area contributed by atoms with Crippen LogP contribution in [0.25, 0.3) is 0 Å². The van der Waals surface area contributed by atoms with Gasteiger partial charge in [0.25, 0.3) is 0 Å². The van der Waals surface area contributed by atoms with E-state index in [9.17, 15) is 43.5 Å². The van der Waals surface area contributed by atoms with E-state index in [0.29, 0.717) is 0 Å². The average Bonchev–Trinajstić information content (AvgIpc) is 0.781. The lowest BCUT2D eigenvalue weighted by Crippen LogP contribution is -2.64. The lowest BCUT2D eigenvalue weighted by molar-refractivity contribution is -0.296. The van der Waals surface area contributed by atoms with Gasteiger partial charge in [0.2, 0.25) is 0 Å². The van der Waals surface area contributed by atoms with E-state index in [2.05, 4.69) is 0 Å². The van der Waals surface area contributed by atoms with Gasteiger partial charge in [-0.25, -0.2) is 38.4 Å². The molecular weight excluding hydrogens is 1270 g/mol. The van der Waals surface area contributed by atoms with Crippen LogP contribution in [0, 0.1) is 5.92 Å². The molecule has 3 saturated heterocycles. The first kappa shape index (κ1) is 69.4. The van der Waals surface area contributed by atoms with Crippen molar-refractivity contribution in [1.29, 1.82) is 0 Å².